The maximum atomic E-state index is 3.35. The summed E-state index contributed by atoms with van der Waals surface area (Å²) in [6.45, 7) is 2.29. The molecule has 0 aliphatic carbocycles. The van der Waals surface area contributed by atoms with Gasteiger partial charge in [0.05, 0.1) is 0 Å². The van der Waals surface area contributed by atoms with Crippen LogP contribution in [-0.2, 0) is 0 Å². The van der Waals surface area contributed by atoms with Crippen LogP contribution in [0.1, 0.15) is 103 Å². The van der Waals surface area contributed by atoms with Crippen LogP contribution in [0.4, 0.5) is 0 Å². The van der Waals surface area contributed by atoms with Crippen molar-refractivity contribution in [3.63, 3.8) is 0 Å². The van der Waals surface area contributed by atoms with E-state index in [4.69, 9.17) is 0 Å². The maximum Gasteiger partial charge on any atom is 0.0146 e. The van der Waals surface area contributed by atoms with E-state index in [0.29, 0.717) is 0 Å². The van der Waals surface area contributed by atoms with Crippen molar-refractivity contribution in [3.05, 3.63) is 36.2 Å². The highest BCUT2D eigenvalue weighted by Gasteiger charge is 1.97. The third-order valence-electron chi connectivity index (χ3n) is 4.68. The molecule has 0 spiro atoms. The highest BCUT2D eigenvalue weighted by Crippen LogP contribution is 2.14. The largest absolute Gasteiger partial charge is 0.365 e. The molecule has 0 fully saturated rings. The molecule has 1 aliphatic rings. The zero-order valence-corrected chi connectivity index (χ0v) is 15.5. The molecule has 0 atom stereocenters. The highest BCUT2D eigenvalue weighted by atomic mass is 14.8. The molecule has 132 valence electrons. The molecule has 1 N–H and O–H groups in total. The van der Waals surface area contributed by atoms with Gasteiger partial charge in [-0.3, -0.25) is 0 Å². The van der Waals surface area contributed by atoms with Gasteiger partial charge in [0, 0.05) is 11.9 Å². The van der Waals surface area contributed by atoms with Gasteiger partial charge in [0.1, 0.15) is 0 Å². The van der Waals surface area contributed by atoms with Gasteiger partial charge < -0.3 is 5.32 Å². The molecule has 0 radical (unpaired) electrons. The van der Waals surface area contributed by atoms with Crippen LogP contribution < -0.4 is 5.32 Å². The SMILES string of the molecule is CCCCCCCCCCCCCCCCC1=CC=CC=CN1. The first-order valence-corrected chi connectivity index (χ1v) is 10.2. The molecule has 1 heteroatoms. The molecule has 23 heavy (non-hydrogen) atoms. The summed E-state index contributed by atoms with van der Waals surface area (Å²) in [5.74, 6) is 0. The number of nitrogens with one attached hydrogen (secondary N) is 1. The Morgan fingerprint density at radius 1 is 0.609 bits per heavy atom. The summed E-state index contributed by atoms with van der Waals surface area (Å²) >= 11 is 0. The summed E-state index contributed by atoms with van der Waals surface area (Å²) in [5, 5.41) is 3.35. The van der Waals surface area contributed by atoms with Crippen LogP contribution in [0.25, 0.3) is 0 Å². The molecule has 0 unspecified atom stereocenters. The van der Waals surface area contributed by atoms with Crippen molar-refractivity contribution in [1.82, 2.24) is 5.32 Å². The van der Waals surface area contributed by atoms with Gasteiger partial charge in [0.2, 0.25) is 0 Å². The normalized spacial score (nSPS) is 13.7. The van der Waals surface area contributed by atoms with Gasteiger partial charge in [0.25, 0.3) is 0 Å². The molecule has 1 aliphatic heterocycles. The standard InChI is InChI=1S/C22H39N/c1-2-3-4-5-6-7-8-9-10-11-12-13-14-16-19-22-20-17-15-18-21-23-22/h15,17-18,20-21,23H,2-14,16,19H2,1H3. The van der Waals surface area contributed by atoms with Gasteiger partial charge in [-0.1, -0.05) is 103 Å². The summed E-state index contributed by atoms with van der Waals surface area (Å²) in [6, 6.07) is 0. The average molecular weight is 318 g/mol. The number of unbranched alkanes of at least 4 members (excludes halogenated alkanes) is 13. The van der Waals surface area contributed by atoms with Gasteiger partial charge in [-0.25, -0.2) is 0 Å². The fraction of sp³-hybridized carbons (Fsp3) is 0.727. The molecular formula is C22H39N. The molecule has 0 aromatic heterocycles. The Balaban J connectivity index is 1.75. The van der Waals surface area contributed by atoms with Crippen LogP contribution >= 0.6 is 0 Å². The van der Waals surface area contributed by atoms with Crippen molar-refractivity contribution in [3.8, 4) is 0 Å². The first-order valence-electron chi connectivity index (χ1n) is 10.2. The van der Waals surface area contributed by atoms with E-state index < -0.39 is 0 Å². The minimum atomic E-state index is 1.19. The number of hydrogen-bond acceptors (Lipinski definition) is 1. The molecule has 1 nitrogen and oxygen atoms in total. The Morgan fingerprint density at radius 2 is 1.13 bits per heavy atom. The number of rotatable bonds is 15. The zero-order valence-electron chi connectivity index (χ0n) is 15.5. The van der Waals surface area contributed by atoms with E-state index in [1.54, 1.807) is 0 Å². The second-order valence-electron chi connectivity index (χ2n) is 6.93. The molecule has 1 heterocycles. The molecule has 0 saturated carbocycles. The van der Waals surface area contributed by atoms with Gasteiger partial charge in [0.15, 0.2) is 0 Å². The van der Waals surface area contributed by atoms with Crippen LogP contribution in [-0.4, -0.2) is 0 Å². The van der Waals surface area contributed by atoms with Gasteiger partial charge >= 0.3 is 0 Å². The molecule has 1 rings (SSSR count). The minimum Gasteiger partial charge on any atom is -0.365 e. The first kappa shape index (κ1) is 20.1. The average Bonchev–Trinajstić information content (AvgIpc) is 2.84. The Hall–Kier alpha value is -0.980. The lowest BCUT2D eigenvalue weighted by atomic mass is 10.0. The smallest absolute Gasteiger partial charge is 0.0146 e. The Labute approximate surface area is 145 Å². The predicted molar refractivity (Wildman–Crippen MR) is 104 cm³/mol. The van der Waals surface area contributed by atoms with Crippen LogP contribution in [0.3, 0.4) is 0 Å². The zero-order chi connectivity index (χ0) is 16.4. The first-order chi connectivity index (χ1) is 11.4. The predicted octanol–water partition coefficient (Wildman–Crippen LogP) is 7.41. The van der Waals surface area contributed by atoms with Gasteiger partial charge in [-0.05, 0) is 25.0 Å². The minimum absolute atomic E-state index is 1.19. The van der Waals surface area contributed by atoms with E-state index >= 15 is 0 Å². The fourth-order valence-electron chi connectivity index (χ4n) is 3.16. The molecule has 0 aromatic carbocycles. The van der Waals surface area contributed by atoms with E-state index in [-0.39, 0.29) is 0 Å². The lowest BCUT2D eigenvalue weighted by Crippen LogP contribution is -2.03. The van der Waals surface area contributed by atoms with Crippen molar-refractivity contribution in [2.45, 2.75) is 103 Å². The second-order valence-corrected chi connectivity index (χ2v) is 6.93. The van der Waals surface area contributed by atoms with Crippen molar-refractivity contribution in [2.75, 3.05) is 0 Å². The van der Waals surface area contributed by atoms with Crippen molar-refractivity contribution in [1.29, 1.82) is 0 Å². The van der Waals surface area contributed by atoms with Crippen LogP contribution in [0, 0.1) is 0 Å². The second kappa shape index (κ2) is 15.9. The van der Waals surface area contributed by atoms with Crippen LogP contribution in [0.5, 0.6) is 0 Å². The third kappa shape index (κ3) is 13.2. The molecule has 0 bridgehead atoms. The quantitative estimate of drug-likeness (QED) is 0.310. The van der Waals surface area contributed by atoms with Crippen molar-refractivity contribution in [2.24, 2.45) is 0 Å². The maximum absolute atomic E-state index is 3.35. The summed E-state index contributed by atoms with van der Waals surface area (Å²) in [7, 11) is 0. The van der Waals surface area contributed by atoms with Crippen LogP contribution in [0.15, 0.2) is 36.2 Å². The molecular weight excluding hydrogens is 278 g/mol. The Bertz CT molecular complexity index is 338. The van der Waals surface area contributed by atoms with E-state index in [0.717, 1.165) is 0 Å². The van der Waals surface area contributed by atoms with Crippen molar-refractivity contribution < 1.29 is 0 Å². The summed E-state index contributed by atoms with van der Waals surface area (Å²) in [6.07, 6.45) is 31.7. The van der Waals surface area contributed by atoms with Gasteiger partial charge in [-0.2, -0.15) is 0 Å². The third-order valence-corrected chi connectivity index (χ3v) is 4.68. The van der Waals surface area contributed by atoms with E-state index in [2.05, 4.69) is 36.5 Å². The summed E-state index contributed by atoms with van der Waals surface area (Å²) in [4.78, 5) is 0. The number of allylic oxidation sites excluding steroid dienone is 5. The Kier molecular flexibility index (Phi) is 13.9. The number of hydrogen-bond donors (Lipinski definition) is 1. The molecule has 0 saturated heterocycles. The molecule has 0 amide bonds. The van der Waals surface area contributed by atoms with Gasteiger partial charge in [-0.15, -0.1) is 0 Å². The lowest BCUT2D eigenvalue weighted by molar-refractivity contribution is 0.534. The van der Waals surface area contributed by atoms with Crippen LogP contribution in [0.2, 0.25) is 0 Å². The topological polar surface area (TPSA) is 12.0 Å². The summed E-state index contributed by atoms with van der Waals surface area (Å²) < 4.78 is 0. The van der Waals surface area contributed by atoms with E-state index in [1.165, 1.54) is 102 Å². The van der Waals surface area contributed by atoms with Crippen molar-refractivity contribution >= 4 is 0 Å². The van der Waals surface area contributed by atoms with E-state index in [9.17, 15) is 0 Å². The lowest BCUT2D eigenvalue weighted by Gasteiger charge is -2.06. The monoisotopic (exact) mass is 317 g/mol. The molecule has 0 aromatic rings. The fourth-order valence-corrected chi connectivity index (χ4v) is 3.16. The highest BCUT2D eigenvalue weighted by molar-refractivity contribution is 5.20. The summed E-state index contributed by atoms with van der Waals surface area (Å²) in [5.41, 5.74) is 1.36. The van der Waals surface area contributed by atoms with E-state index in [1.807, 2.05) is 6.20 Å². The Morgan fingerprint density at radius 3 is 1.70 bits per heavy atom.